The molecular weight excluding hydrogens is 364 g/mol. The van der Waals surface area contributed by atoms with Crippen LogP contribution in [0.5, 0.6) is 5.88 Å². The zero-order valence-electron chi connectivity index (χ0n) is 17.4. The van der Waals surface area contributed by atoms with E-state index in [1.165, 1.54) is 19.3 Å². The van der Waals surface area contributed by atoms with Crippen molar-refractivity contribution in [3.63, 3.8) is 0 Å². The number of aryl methyl sites for hydroxylation is 1. The summed E-state index contributed by atoms with van der Waals surface area (Å²) in [4.78, 5) is 26.6. The normalized spacial score (nSPS) is 22.6. The second kappa shape index (κ2) is 8.49. The van der Waals surface area contributed by atoms with Gasteiger partial charge in [0.05, 0.1) is 12.8 Å². The van der Waals surface area contributed by atoms with Gasteiger partial charge in [-0.3, -0.25) is 14.7 Å². The molecule has 2 aromatic heterocycles. The Kier molecular flexibility index (Phi) is 5.81. The minimum Gasteiger partial charge on any atom is -0.481 e. The van der Waals surface area contributed by atoms with Gasteiger partial charge in [0.1, 0.15) is 5.69 Å². The molecule has 0 saturated carbocycles. The fourth-order valence-corrected chi connectivity index (χ4v) is 4.89. The lowest BCUT2D eigenvalue weighted by Gasteiger charge is -2.48. The largest absolute Gasteiger partial charge is 0.481 e. The highest BCUT2D eigenvalue weighted by Crippen LogP contribution is 2.39. The topological polar surface area (TPSA) is 58.6 Å². The fourth-order valence-electron chi connectivity index (χ4n) is 4.89. The Hall–Kier alpha value is -2.47. The molecule has 0 aliphatic carbocycles. The Balaban J connectivity index is 1.45. The molecule has 0 aromatic carbocycles. The van der Waals surface area contributed by atoms with Gasteiger partial charge in [0, 0.05) is 43.4 Å². The third-order valence-electron chi connectivity index (χ3n) is 6.17. The average Bonchev–Trinajstić information content (AvgIpc) is 2.73. The molecule has 6 nitrogen and oxygen atoms in total. The van der Waals surface area contributed by atoms with Gasteiger partial charge < -0.3 is 9.64 Å². The first kappa shape index (κ1) is 19.8. The maximum absolute atomic E-state index is 13.1. The third kappa shape index (κ3) is 4.58. The molecule has 2 aromatic rings. The van der Waals surface area contributed by atoms with Gasteiger partial charge in [-0.15, -0.1) is 0 Å². The molecule has 29 heavy (non-hydrogen) atoms. The first-order valence-corrected chi connectivity index (χ1v) is 10.5. The molecule has 1 amide bonds. The Morgan fingerprint density at radius 1 is 1.07 bits per heavy atom. The first-order valence-electron chi connectivity index (χ1n) is 10.5. The van der Waals surface area contributed by atoms with Crippen LogP contribution in [0.25, 0.3) is 0 Å². The van der Waals surface area contributed by atoms with Gasteiger partial charge in [0.25, 0.3) is 5.91 Å². The third-order valence-corrected chi connectivity index (χ3v) is 6.17. The van der Waals surface area contributed by atoms with E-state index < -0.39 is 0 Å². The van der Waals surface area contributed by atoms with Crippen LogP contribution in [-0.4, -0.2) is 59.0 Å². The van der Waals surface area contributed by atoms with Crippen molar-refractivity contribution in [2.75, 3.05) is 33.3 Å². The number of hydrogen-bond acceptors (Lipinski definition) is 5. The van der Waals surface area contributed by atoms with E-state index in [2.05, 4.69) is 27.0 Å². The van der Waals surface area contributed by atoms with Crippen LogP contribution in [0.3, 0.4) is 0 Å². The molecule has 0 N–H and O–H groups in total. The minimum atomic E-state index is 0.0143. The number of carbonyl (C=O) groups is 1. The zero-order valence-corrected chi connectivity index (χ0v) is 17.4. The molecule has 1 atom stereocenters. The van der Waals surface area contributed by atoms with Crippen molar-refractivity contribution in [3.05, 3.63) is 53.5 Å². The van der Waals surface area contributed by atoms with Gasteiger partial charge in [0.15, 0.2) is 0 Å². The van der Waals surface area contributed by atoms with Gasteiger partial charge in [0.2, 0.25) is 5.88 Å². The van der Waals surface area contributed by atoms with Crippen LogP contribution < -0.4 is 4.74 Å². The molecule has 1 spiro atoms. The van der Waals surface area contributed by atoms with E-state index in [0.717, 1.165) is 50.5 Å². The molecule has 4 rings (SSSR count). The van der Waals surface area contributed by atoms with E-state index >= 15 is 0 Å². The zero-order chi connectivity index (χ0) is 20.3. The number of methoxy groups -OCH3 is 1. The number of pyridine rings is 2. The highest BCUT2D eigenvalue weighted by molar-refractivity contribution is 5.92. The van der Waals surface area contributed by atoms with Gasteiger partial charge in [-0.05, 0) is 57.4 Å². The van der Waals surface area contributed by atoms with E-state index in [-0.39, 0.29) is 11.3 Å². The average molecular weight is 395 g/mol. The van der Waals surface area contributed by atoms with Gasteiger partial charge >= 0.3 is 0 Å². The SMILES string of the molecule is COc1cccc(C(=O)N2CCCC3(CCCN(Cc4cccc(C)n4)C3)C2)n1. The highest BCUT2D eigenvalue weighted by atomic mass is 16.5. The smallest absolute Gasteiger partial charge is 0.272 e. The molecule has 6 heteroatoms. The van der Waals surface area contributed by atoms with Crippen molar-refractivity contribution in [1.29, 1.82) is 0 Å². The Bertz CT molecular complexity index is 867. The summed E-state index contributed by atoms with van der Waals surface area (Å²) in [6.07, 6.45) is 4.58. The van der Waals surface area contributed by atoms with Gasteiger partial charge in [-0.25, -0.2) is 4.98 Å². The maximum Gasteiger partial charge on any atom is 0.272 e. The summed E-state index contributed by atoms with van der Waals surface area (Å²) in [7, 11) is 1.58. The molecule has 1 unspecified atom stereocenters. The number of ether oxygens (including phenoxy) is 1. The van der Waals surface area contributed by atoms with Crippen molar-refractivity contribution < 1.29 is 9.53 Å². The van der Waals surface area contributed by atoms with E-state index in [1.54, 1.807) is 19.2 Å². The van der Waals surface area contributed by atoms with Crippen LogP contribution in [0.1, 0.15) is 47.6 Å². The lowest BCUT2D eigenvalue weighted by Crippen LogP contribution is -2.53. The minimum absolute atomic E-state index is 0.0143. The number of nitrogens with zero attached hydrogens (tertiary/aromatic N) is 4. The van der Waals surface area contributed by atoms with Crippen LogP contribution in [0.15, 0.2) is 36.4 Å². The molecule has 4 heterocycles. The Labute approximate surface area is 172 Å². The summed E-state index contributed by atoms with van der Waals surface area (Å²) in [6, 6.07) is 11.6. The van der Waals surface area contributed by atoms with Crippen molar-refractivity contribution in [3.8, 4) is 5.88 Å². The summed E-state index contributed by atoms with van der Waals surface area (Å²) in [6.45, 7) is 6.66. The molecular formula is C23H30N4O2. The summed E-state index contributed by atoms with van der Waals surface area (Å²) in [5.74, 6) is 0.498. The monoisotopic (exact) mass is 394 g/mol. The van der Waals surface area contributed by atoms with Crippen molar-refractivity contribution in [2.24, 2.45) is 5.41 Å². The number of hydrogen-bond donors (Lipinski definition) is 0. The quantitative estimate of drug-likeness (QED) is 0.796. The summed E-state index contributed by atoms with van der Waals surface area (Å²) in [5.41, 5.74) is 2.84. The molecule has 2 saturated heterocycles. The fraction of sp³-hybridized carbons (Fsp3) is 0.522. The second-order valence-corrected chi connectivity index (χ2v) is 8.48. The number of amides is 1. The van der Waals surface area contributed by atoms with Crippen LogP contribution in [-0.2, 0) is 6.54 Å². The molecule has 0 bridgehead atoms. The van der Waals surface area contributed by atoms with E-state index in [1.807, 2.05) is 24.0 Å². The maximum atomic E-state index is 13.1. The van der Waals surface area contributed by atoms with Crippen LogP contribution in [0.4, 0.5) is 0 Å². The summed E-state index contributed by atoms with van der Waals surface area (Å²) in [5, 5.41) is 0. The molecule has 154 valence electrons. The van der Waals surface area contributed by atoms with E-state index in [0.29, 0.717) is 11.6 Å². The molecule has 2 aliphatic heterocycles. The molecule has 2 aliphatic rings. The molecule has 0 radical (unpaired) electrons. The highest BCUT2D eigenvalue weighted by Gasteiger charge is 2.40. The predicted octanol–water partition coefficient (Wildman–Crippen LogP) is 3.31. The lowest BCUT2D eigenvalue weighted by atomic mass is 9.73. The summed E-state index contributed by atoms with van der Waals surface area (Å²) >= 11 is 0. The number of rotatable bonds is 4. The van der Waals surface area contributed by atoms with Crippen molar-refractivity contribution >= 4 is 5.91 Å². The first-order chi connectivity index (χ1) is 14.1. The Morgan fingerprint density at radius 3 is 2.66 bits per heavy atom. The van der Waals surface area contributed by atoms with Crippen molar-refractivity contribution in [2.45, 2.75) is 39.2 Å². The number of piperidine rings is 2. The van der Waals surface area contributed by atoms with Crippen LogP contribution in [0, 0.1) is 12.3 Å². The van der Waals surface area contributed by atoms with Crippen molar-refractivity contribution in [1.82, 2.24) is 19.8 Å². The lowest BCUT2D eigenvalue weighted by molar-refractivity contribution is 0.0107. The second-order valence-electron chi connectivity index (χ2n) is 8.48. The standard InChI is InChI=1S/C23H30N4O2/c1-18-7-3-8-19(24-18)15-26-13-5-11-23(16-26)12-6-14-27(17-23)22(28)20-9-4-10-21(25-20)29-2/h3-4,7-10H,5-6,11-17H2,1-2H3. The van der Waals surface area contributed by atoms with E-state index in [9.17, 15) is 4.79 Å². The summed E-state index contributed by atoms with van der Waals surface area (Å²) < 4.78 is 5.19. The number of aromatic nitrogens is 2. The van der Waals surface area contributed by atoms with Gasteiger partial charge in [-0.2, -0.15) is 0 Å². The van der Waals surface area contributed by atoms with Gasteiger partial charge in [-0.1, -0.05) is 12.1 Å². The van der Waals surface area contributed by atoms with Crippen LogP contribution in [0.2, 0.25) is 0 Å². The van der Waals surface area contributed by atoms with Crippen LogP contribution >= 0.6 is 0 Å². The number of likely N-dealkylation sites (tertiary alicyclic amines) is 2. The predicted molar refractivity (Wildman–Crippen MR) is 112 cm³/mol. The molecule has 2 fully saturated rings. The van der Waals surface area contributed by atoms with E-state index in [4.69, 9.17) is 4.74 Å². The Morgan fingerprint density at radius 2 is 1.86 bits per heavy atom. The number of carbonyl (C=O) groups excluding carboxylic acids is 1.